The molecular formula is C11H21N3S. The standard InChI is InChI=1S/C11H21N3S/c1-5-6-7-8-12-10-13-9(14-15-10)11(2,3)4/h5-8H2,1-4H3,(H,12,13,14). The van der Waals surface area contributed by atoms with Crippen LogP contribution in [0.25, 0.3) is 0 Å². The Morgan fingerprint density at radius 2 is 2.00 bits per heavy atom. The molecular weight excluding hydrogens is 206 g/mol. The molecule has 1 heterocycles. The Balaban J connectivity index is 2.40. The number of hydrogen-bond acceptors (Lipinski definition) is 4. The zero-order chi connectivity index (χ0) is 11.3. The average Bonchev–Trinajstić information content (AvgIpc) is 2.60. The summed E-state index contributed by atoms with van der Waals surface area (Å²) in [6.07, 6.45) is 3.74. The third-order valence-corrected chi connectivity index (χ3v) is 2.83. The molecule has 15 heavy (non-hydrogen) atoms. The van der Waals surface area contributed by atoms with Gasteiger partial charge in [-0.1, -0.05) is 40.5 Å². The summed E-state index contributed by atoms with van der Waals surface area (Å²) in [5.41, 5.74) is 0.0554. The fourth-order valence-electron chi connectivity index (χ4n) is 1.17. The predicted octanol–water partition coefficient (Wildman–Crippen LogP) is 3.44. The van der Waals surface area contributed by atoms with Crippen molar-refractivity contribution >= 4 is 16.7 Å². The summed E-state index contributed by atoms with van der Waals surface area (Å²) in [6.45, 7) is 9.62. The Morgan fingerprint density at radius 3 is 2.53 bits per heavy atom. The highest BCUT2D eigenvalue weighted by Gasteiger charge is 2.19. The fourth-order valence-corrected chi connectivity index (χ4v) is 1.95. The molecule has 0 fully saturated rings. The van der Waals surface area contributed by atoms with Gasteiger partial charge < -0.3 is 5.32 Å². The fraction of sp³-hybridized carbons (Fsp3) is 0.818. The number of hydrogen-bond donors (Lipinski definition) is 1. The van der Waals surface area contributed by atoms with Gasteiger partial charge in [0.2, 0.25) is 5.13 Å². The number of aromatic nitrogens is 2. The van der Waals surface area contributed by atoms with Crippen molar-refractivity contribution in [2.24, 2.45) is 0 Å². The quantitative estimate of drug-likeness (QED) is 0.783. The molecule has 86 valence electrons. The van der Waals surface area contributed by atoms with Crippen LogP contribution >= 0.6 is 11.5 Å². The van der Waals surface area contributed by atoms with E-state index in [1.165, 1.54) is 30.8 Å². The molecule has 1 aromatic rings. The van der Waals surface area contributed by atoms with Crippen molar-refractivity contribution in [3.05, 3.63) is 5.82 Å². The maximum absolute atomic E-state index is 4.48. The topological polar surface area (TPSA) is 37.8 Å². The van der Waals surface area contributed by atoms with Gasteiger partial charge in [-0.2, -0.15) is 4.37 Å². The van der Waals surface area contributed by atoms with Gasteiger partial charge in [0.15, 0.2) is 0 Å². The van der Waals surface area contributed by atoms with Gasteiger partial charge in [-0.3, -0.25) is 0 Å². The third-order valence-electron chi connectivity index (χ3n) is 2.15. The zero-order valence-corrected chi connectivity index (χ0v) is 10.9. The van der Waals surface area contributed by atoms with Crippen LogP contribution in [0.3, 0.4) is 0 Å². The van der Waals surface area contributed by atoms with Crippen LogP contribution in [0, 0.1) is 0 Å². The van der Waals surface area contributed by atoms with Gasteiger partial charge in [-0.15, -0.1) is 0 Å². The molecule has 0 atom stereocenters. The first-order valence-electron chi connectivity index (χ1n) is 5.62. The molecule has 0 spiro atoms. The van der Waals surface area contributed by atoms with Crippen molar-refractivity contribution in [3.8, 4) is 0 Å². The van der Waals surface area contributed by atoms with Gasteiger partial charge in [0.05, 0.1) is 0 Å². The maximum atomic E-state index is 4.48. The molecule has 0 aliphatic carbocycles. The van der Waals surface area contributed by atoms with E-state index in [4.69, 9.17) is 0 Å². The smallest absolute Gasteiger partial charge is 0.202 e. The first-order chi connectivity index (χ1) is 7.04. The van der Waals surface area contributed by atoms with Crippen LogP contribution in [0.5, 0.6) is 0 Å². The monoisotopic (exact) mass is 227 g/mol. The van der Waals surface area contributed by atoms with E-state index in [-0.39, 0.29) is 5.41 Å². The van der Waals surface area contributed by atoms with Crippen LogP contribution in [0.15, 0.2) is 0 Å². The zero-order valence-electron chi connectivity index (χ0n) is 10.1. The van der Waals surface area contributed by atoms with Crippen LogP contribution in [0.4, 0.5) is 5.13 Å². The lowest BCUT2D eigenvalue weighted by atomic mass is 9.96. The SMILES string of the molecule is CCCCCNc1nc(C(C)(C)C)ns1. The maximum Gasteiger partial charge on any atom is 0.202 e. The minimum atomic E-state index is 0.0554. The van der Waals surface area contributed by atoms with Crippen molar-refractivity contribution in [1.29, 1.82) is 0 Å². The Kier molecular flexibility index (Phi) is 4.51. The van der Waals surface area contributed by atoms with E-state index in [2.05, 4.69) is 42.4 Å². The molecule has 1 N–H and O–H groups in total. The lowest BCUT2D eigenvalue weighted by Crippen LogP contribution is -2.13. The van der Waals surface area contributed by atoms with E-state index >= 15 is 0 Å². The highest BCUT2D eigenvalue weighted by Crippen LogP contribution is 2.22. The third kappa shape index (κ3) is 4.16. The largest absolute Gasteiger partial charge is 0.360 e. The Labute approximate surface area is 96.5 Å². The Hall–Kier alpha value is -0.640. The highest BCUT2D eigenvalue weighted by atomic mass is 32.1. The van der Waals surface area contributed by atoms with E-state index in [1.54, 1.807) is 0 Å². The molecule has 0 aromatic carbocycles. The number of anilines is 1. The van der Waals surface area contributed by atoms with Crippen molar-refractivity contribution in [2.75, 3.05) is 11.9 Å². The molecule has 0 unspecified atom stereocenters. The molecule has 0 amide bonds. The second-order valence-electron chi connectivity index (χ2n) is 4.81. The van der Waals surface area contributed by atoms with Gasteiger partial charge in [0.25, 0.3) is 0 Å². The van der Waals surface area contributed by atoms with Crippen molar-refractivity contribution in [1.82, 2.24) is 9.36 Å². The van der Waals surface area contributed by atoms with Crippen molar-refractivity contribution in [3.63, 3.8) is 0 Å². The van der Waals surface area contributed by atoms with Gasteiger partial charge >= 0.3 is 0 Å². The van der Waals surface area contributed by atoms with Crippen molar-refractivity contribution in [2.45, 2.75) is 52.4 Å². The molecule has 1 rings (SSSR count). The highest BCUT2D eigenvalue weighted by molar-refractivity contribution is 7.09. The van der Waals surface area contributed by atoms with Gasteiger partial charge in [0, 0.05) is 23.5 Å². The van der Waals surface area contributed by atoms with Crippen molar-refractivity contribution < 1.29 is 0 Å². The van der Waals surface area contributed by atoms with Gasteiger partial charge in [-0.25, -0.2) is 4.98 Å². The minimum Gasteiger partial charge on any atom is -0.360 e. The van der Waals surface area contributed by atoms with E-state index in [9.17, 15) is 0 Å². The molecule has 1 aromatic heterocycles. The summed E-state index contributed by atoms with van der Waals surface area (Å²) < 4.78 is 4.35. The van der Waals surface area contributed by atoms with E-state index in [0.29, 0.717) is 0 Å². The average molecular weight is 227 g/mol. The summed E-state index contributed by atoms with van der Waals surface area (Å²) in [5, 5.41) is 4.27. The molecule has 4 heteroatoms. The number of unbranched alkanes of at least 4 members (excludes halogenated alkanes) is 2. The minimum absolute atomic E-state index is 0.0554. The molecule has 0 aliphatic heterocycles. The lowest BCUT2D eigenvalue weighted by molar-refractivity contribution is 0.555. The van der Waals surface area contributed by atoms with Gasteiger partial charge in [-0.05, 0) is 6.42 Å². The van der Waals surface area contributed by atoms with E-state index < -0.39 is 0 Å². The van der Waals surface area contributed by atoms with Crippen LogP contribution in [0.1, 0.15) is 52.8 Å². The van der Waals surface area contributed by atoms with E-state index in [0.717, 1.165) is 17.5 Å². The lowest BCUT2D eigenvalue weighted by Gasteiger charge is -2.12. The number of nitrogens with zero attached hydrogens (tertiary/aromatic N) is 2. The molecule has 3 nitrogen and oxygen atoms in total. The second-order valence-corrected chi connectivity index (χ2v) is 5.56. The predicted molar refractivity (Wildman–Crippen MR) is 66.6 cm³/mol. The second kappa shape index (κ2) is 5.45. The van der Waals surface area contributed by atoms with Crippen LogP contribution in [-0.2, 0) is 5.41 Å². The summed E-state index contributed by atoms with van der Waals surface area (Å²) in [5.74, 6) is 0.936. The number of rotatable bonds is 5. The molecule has 0 saturated carbocycles. The normalized spacial score (nSPS) is 11.7. The summed E-state index contributed by atoms with van der Waals surface area (Å²) >= 11 is 1.46. The summed E-state index contributed by atoms with van der Waals surface area (Å²) in [6, 6.07) is 0. The summed E-state index contributed by atoms with van der Waals surface area (Å²) in [4.78, 5) is 4.48. The van der Waals surface area contributed by atoms with E-state index in [1.807, 2.05) is 0 Å². The Bertz CT molecular complexity index is 288. The molecule has 0 bridgehead atoms. The van der Waals surface area contributed by atoms with Crippen LogP contribution < -0.4 is 5.32 Å². The molecule has 0 radical (unpaired) electrons. The first-order valence-corrected chi connectivity index (χ1v) is 6.39. The summed E-state index contributed by atoms with van der Waals surface area (Å²) in [7, 11) is 0. The van der Waals surface area contributed by atoms with Crippen LogP contribution in [-0.4, -0.2) is 15.9 Å². The number of nitrogens with one attached hydrogen (secondary N) is 1. The Morgan fingerprint density at radius 1 is 1.27 bits per heavy atom. The van der Waals surface area contributed by atoms with Gasteiger partial charge in [0.1, 0.15) is 5.82 Å². The first kappa shape index (κ1) is 12.4. The molecule has 0 saturated heterocycles. The molecule has 0 aliphatic rings. The van der Waals surface area contributed by atoms with Crippen LogP contribution in [0.2, 0.25) is 0 Å².